The highest BCUT2D eigenvalue weighted by atomic mass is 35.5. The molecule has 0 saturated heterocycles. The highest BCUT2D eigenvalue weighted by molar-refractivity contribution is 6.31. The van der Waals surface area contributed by atoms with Crippen molar-refractivity contribution in [3.8, 4) is 5.88 Å². The lowest BCUT2D eigenvalue weighted by molar-refractivity contribution is 0.200. The molecule has 4 N–H and O–H groups in total. The molecule has 0 saturated carbocycles. The first-order valence-electron chi connectivity index (χ1n) is 6.18. The Hall–Kier alpha value is -2.23. The maximum Gasteiger partial charge on any atom is 0.287 e. The van der Waals surface area contributed by atoms with Crippen molar-refractivity contribution in [2.75, 3.05) is 6.54 Å². The van der Waals surface area contributed by atoms with Crippen LogP contribution in [0.25, 0.3) is 0 Å². The monoisotopic (exact) mass is 329 g/mol. The van der Waals surface area contributed by atoms with Crippen LogP contribution in [0.15, 0.2) is 27.8 Å². The van der Waals surface area contributed by atoms with Gasteiger partial charge in [0.1, 0.15) is 11.9 Å². The third kappa shape index (κ3) is 3.70. The highest BCUT2D eigenvalue weighted by Crippen LogP contribution is 2.23. The summed E-state index contributed by atoms with van der Waals surface area (Å²) < 4.78 is 23.1. The smallest absolute Gasteiger partial charge is 0.287 e. The van der Waals surface area contributed by atoms with E-state index in [1.165, 1.54) is 12.1 Å². The SMILES string of the molecule is CC(CN)Oc1nonc1C(=Nc1ccc(F)c(Cl)c1)NO. The van der Waals surface area contributed by atoms with Gasteiger partial charge in [-0.3, -0.25) is 10.7 Å². The van der Waals surface area contributed by atoms with E-state index < -0.39 is 5.82 Å². The number of halogens is 2. The van der Waals surface area contributed by atoms with E-state index in [2.05, 4.69) is 19.9 Å². The number of aromatic nitrogens is 2. The molecule has 0 amide bonds. The Morgan fingerprint density at radius 2 is 2.36 bits per heavy atom. The van der Waals surface area contributed by atoms with Crippen molar-refractivity contribution in [2.45, 2.75) is 13.0 Å². The molecule has 2 aromatic rings. The van der Waals surface area contributed by atoms with Gasteiger partial charge in [-0.05, 0) is 35.4 Å². The minimum absolute atomic E-state index is 0.00598. The summed E-state index contributed by atoms with van der Waals surface area (Å²) in [5, 5.41) is 16.3. The van der Waals surface area contributed by atoms with Crippen LogP contribution in [0, 0.1) is 5.82 Å². The zero-order chi connectivity index (χ0) is 16.1. The zero-order valence-corrected chi connectivity index (χ0v) is 12.2. The number of rotatable bonds is 5. The molecule has 0 spiro atoms. The van der Waals surface area contributed by atoms with Crippen LogP contribution in [0.2, 0.25) is 5.02 Å². The molecule has 0 fully saturated rings. The minimum atomic E-state index is -0.581. The quantitative estimate of drug-likeness (QED) is 0.433. The van der Waals surface area contributed by atoms with E-state index in [1.807, 2.05) is 5.48 Å². The number of hydroxylamine groups is 1. The Kier molecular flexibility index (Phi) is 5.26. The van der Waals surface area contributed by atoms with E-state index in [0.29, 0.717) is 0 Å². The molecule has 0 aliphatic carbocycles. The van der Waals surface area contributed by atoms with Crippen LogP contribution in [0.4, 0.5) is 10.1 Å². The number of benzene rings is 1. The molecule has 10 heteroatoms. The van der Waals surface area contributed by atoms with Crippen LogP contribution in [-0.4, -0.2) is 34.0 Å². The average molecular weight is 330 g/mol. The third-order valence-electron chi connectivity index (χ3n) is 2.58. The Morgan fingerprint density at radius 3 is 3.00 bits per heavy atom. The van der Waals surface area contributed by atoms with Gasteiger partial charge in [0.15, 0.2) is 5.84 Å². The van der Waals surface area contributed by atoms with Gasteiger partial charge in [-0.1, -0.05) is 11.6 Å². The molecule has 1 heterocycles. The Labute approximate surface area is 129 Å². The van der Waals surface area contributed by atoms with Crippen molar-refractivity contribution in [2.24, 2.45) is 10.7 Å². The van der Waals surface area contributed by atoms with E-state index >= 15 is 0 Å². The lowest BCUT2D eigenvalue weighted by Crippen LogP contribution is -2.26. The van der Waals surface area contributed by atoms with E-state index in [-0.39, 0.29) is 40.8 Å². The Morgan fingerprint density at radius 1 is 1.59 bits per heavy atom. The fraction of sp³-hybridized carbons (Fsp3) is 0.250. The zero-order valence-electron chi connectivity index (χ0n) is 11.5. The molecule has 22 heavy (non-hydrogen) atoms. The van der Waals surface area contributed by atoms with Gasteiger partial charge in [-0.2, -0.15) is 0 Å². The number of ether oxygens (including phenoxy) is 1. The van der Waals surface area contributed by atoms with Gasteiger partial charge >= 0.3 is 0 Å². The number of nitrogens with two attached hydrogens (primary N) is 1. The first-order valence-corrected chi connectivity index (χ1v) is 6.56. The molecule has 0 aliphatic heterocycles. The van der Waals surface area contributed by atoms with Gasteiger partial charge in [0.25, 0.3) is 5.88 Å². The molecule has 0 bridgehead atoms. The van der Waals surface area contributed by atoms with Crippen molar-refractivity contribution in [3.63, 3.8) is 0 Å². The fourth-order valence-corrected chi connectivity index (χ4v) is 1.63. The molecule has 1 aromatic heterocycles. The number of hydrogen-bond acceptors (Lipinski definition) is 7. The lowest BCUT2D eigenvalue weighted by atomic mass is 10.3. The van der Waals surface area contributed by atoms with Gasteiger partial charge in [0.05, 0.1) is 10.7 Å². The normalized spacial score (nSPS) is 13.0. The Balaban J connectivity index is 2.33. The van der Waals surface area contributed by atoms with E-state index in [4.69, 9.17) is 22.1 Å². The summed E-state index contributed by atoms with van der Waals surface area (Å²) in [5.74, 6) is -0.683. The second-order valence-electron chi connectivity index (χ2n) is 4.25. The summed E-state index contributed by atoms with van der Waals surface area (Å²) in [6, 6.07) is 3.80. The Bertz CT molecular complexity index is 679. The number of amidine groups is 1. The summed E-state index contributed by atoms with van der Waals surface area (Å²) in [7, 11) is 0. The first-order chi connectivity index (χ1) is 10.5. The van der Waals surface area contributed by atoms with E-state index in [0.717, 1.165) is 6.07 Å². The van der Waals surface area contributed by atoms with Crippen molar-refractivity contribution >= 4 is 23.1 Å². The fourth-order valence-electron chi connectivity index (χ4n) is 1.46. The second kappa shape index (κ2) is 7.16. The highest BCUT2D eigenvalue weighted by Gasteiger charge is 2.19. The van der Waals surface area contributed by atoms with Crippen LogP contribution in [0.3, 0.4) is 0 Å². The van der Waals surface area contributed by atoms with Crippen LogP contribution in [0.5, 0.6) is 5.88 Å². The molecular weight excluding hydrogens is 317 g/mol. The summed E-state index contributed by atoms with van der Waals surface area (Å²) >= 11 is 5.67. The average Bonchev–Trinajstić information content (AvgIpc) is 2.96. The van der Waals surface area contributed by atoms with Crippen molar-refractivity contribution in [3.05, 3.63) is 34.7 Å². The summed E-state index contributed by atoms with van der Waals surface area (Å²) in [4.78, 5) is 4.05. The number of aliphatic imine (C=N–C) groups is 1. The largest absolute Gasteiger partial charge is 0.469 e. The van der Waals surface area contributed by atoms with Crippen molar-refractivity contribution in [1.29, 1.82) is 0 Å². The van der Waals surface area contributed by atoms with Gasteiger partial charge < -0.3 is 10.5 Å². The van der Waals surface area contributed by atoms with Crippen LogP contribution >= 0.6 is 11.6 Å². The van der Waals surface area contributed by atoms with Gasteiger partial charge in [0, 0.05) is 6.54 Å². The molecule has 1 aromatic carbocycles. The summed E-state index contributed by atoms with van der Waals surface area (Å²) in [6.45, 7) is 1.97. The van der Waals surface area contributed by atoms with E-state index in [9.17, 15) is 9.60 Å². The van der Waals surface area contributed by atoms with E-state index in [1.54, 1.807) is 6.92 Å². The minimum Gasteiger partial charge on any atom is -0.469 e. The van der Waals surface area contributed by atoms with Crippen LogP contribution in [0.1, 0.15) is 12.6 Å². The standard InChI is InChI=1S/C12H13ClFN5O3/c1-6(5-15)21-12-10(18-22-19-12)11(17-20)16-7-2-3-9(14)8(13)4-7/h2-4,6,20H,5,15H2,1H3,(H,16,17). The number of nitrogens with one attached hydrogen (secondary N) is 1. The predicted octanol–water partition coefficient (Wildman–Crippen LogP) is 1.65. The predicted molar refractivity (Wildman–Crippen MR) is 76.0 cm³/mol. The molecular formula is C12H13ClFN5O3. The molecule has 1 atom stereocenters. The maximum absolute atomic E-state index is 13.1. The van der Waals surface area contributed by atoms with Gasteiger partial charge in [0.2, 0.25) is 5.69 Å². The van der Waals surface area contributed by atoms with Crippen molar-refractivity contribution < 1.29 is 19.0 Å². The molecule has 0 aliphatic rings. The number of hydrogen-bond donors (Lipinski definition) is 3. The second-order valence-corrected chi connectivity index (χ2v) is 4.66. The molecule has 8 nitrogen and oxygen atoms in total. The topological polar surface area (TPSA) is 119 Å². The first kappa shape index (κ1) is 16.1. The molecule has 2 rings (SSSR count). The molecule has 1 unspecified atom stereocenters. The third-order valence-corrected chi connectivity index (χ3v) is 2.87. The van der Waals surface area contributed by atoms with Crippen LogP contribution in [-0.2, 0) is 0 Å². The maximum atomic E-state index is 13.1. The molecule has 118 valence electrons. The van der Waals surface area contributed by atoms with Crippen LogP contribution < -0.4 is 16.0 Å². The van der Waals surface area contributed by atoms with Gasteiger partial charge in [-0.15, -0.1) is 0 Å². The molecule has 0 radical (unpaired) electrons. The van der Waals surface area contributed by atoms with Gasteiger partial charge in [-0.25, -0.2) is 14.0 Å². The number of nitrogens with zero attached hydrogens (tertiary/aromatic N) is 3. The lowest BCUT2D eigenvalue weighted by Gasteiger charge is -2.10. The summed E-state index contributed by atoms with van der Waals surface area (Å²) in [5.41, 5.74) is 7.62. The van der Waals surface area contributed by atoms with Crippen molar-refractivity contribution in [1.82, 2.24) is 15.8 Å². The summed E-state index contributed by atoms with van der Waals surface area (Å²) in [6.07, 6.45) is -0.342.